The van der Waals surface area contributed by atoms with Gasteiger partial charge in [-0.25, -0.2) is 8.78 Å². The zero-order valence-corrected chi connectivity index (χ0v) is 13.5. The molecule has 0 aromatic heterocycles. The highest BCUT2D eigenvalue weighted by Crippen LogP contribution is 2.26. The minimum atomic E-state index is -1.18. The van der Waals surface area contributed by atoms with Crippen molar-refractivity contribution in [1.29, 1.82) is 0 Å². The molecular formula is C16H18ClF3O2. The van der Waals surface area contributed by atoms with Crippen molar-refractivity contribution in [2.75, 3.05) is 0 Å². The Morgan fingerprint density at radius 2 is 1.45 bits per heavy atom. The summed E-state index contributed by atoms with van der Waals surface area (Å²) in [4.78, 5) is 0. The van der Waals surface area contributed by atoms with E-state index in [0.29, 0.717) is 5.56 Å². The molecule has 2 rings (SSSR count). The van der Waals surface area contributed by atoms with E-state index in [1.807, 2.05) is 13.8 Å². The van der Waals surface area contributed by atoms with Crippen LogP contribution in [0.2, 0.25) is 5.02 Å². The van der Waals surface area contributed by atoms with E-state index in [9.17, 15) is 13.2 Å². The van der Waals surface area contributed by atoms with E-state index in [2.05, 4.69) is 0 Å². The van der Waals surface area contributed by atoms with Crippen molar-refractivity contribution in [3.8, 4) is 11.5 Å². The second kappa shape index (κ2) is 9.20. The van der Waals surface area contributed by atoms with E-state index in [1.165, 1.54) is 25.1 Å². The van der Waals surface area contributed by atoms with Crippen LogP contribution in [0.15, 0.2) is 24.3 Å². The fourth-order valence-electron chi connectivity index (χ4n) is 1.33. The summed E-state index contributed by atoms with van der Waals surface area (Å²) in [6.07, 6.45) is 0. The summed E-state index contributed by atoms with van der Waals surface area (Å²) >= 11 is 5.43. The molecule has 0 aliphatic heterocycles. The summed E-state index contributed by atoms with van der Waals surface area (Å²) < 4.78 is 37.3. The molecular weight excluding hydrogens is 317 g/mol. The maximum Gasteiger partial charge on any atom is 0.200 e. The topological polar surface area (TPSA) is 40.5 Å². The lowest BCUT2D eigenvalue weighted by Crippen LogP contribution is -1.87. The average molecular weight is 335 g/mol. The first-order valence-corrected chi connectivity index (χ1v) is 6.90. The molecule has 2 aromatic carbocycles. The maximum atomic E-state index is 12.5. The maximum absolute atomic E-state index is 12.5. The molecule has 0 aliphatic rings. The monoisotopic (exact) mass is 334 g/mol. The van der Waals surface area contributed by atoms with Crippen molar-refractivity contribution in [2.45, 2.75) is 27.7 Å². The minimum absolute atomic E-state index is 0.0532. The molecule has 2 aromatic rings. The third-order valence-electron chi connectivity index (χ3n) is 2.42. The van der Waals surface area contributed by atoms with Crippen LogP contribution in [0.5, 0.6) is 11.5 Å². The second-order valence-corrected chi connectivity index (χ2v) is 4.51. The zero-order chi connectivity index (χ0) is 17.4. The summed E-state index contributed by atoms with van der Waals surface area (Å²) in [6.45, 7) is 7.13. The Balaban J connectivity index is 0.000000360. The predicted octanol–water partition coefficient (Wildman–Crippen LogP) is 5.50. The van der Waals surface area contributed by atoms with E-state index < -0.39 is 29.0 Å². The molecule has 0 unspecified atom stereocenters. The van der Waals surface area contributed by atoms with Crippen molar-refractivity contribution in [3.63, 3.8) is 0 Å². The standard InChI is InChI=1S/C7H6ClFO.C7H6F2O.C2H6/c1-4-2-5(8)7(10)6(9)3-4;1-4-2-3-5(10)7(9)6(4)8;1-2/h2*2-3,10H,1H3;1-2H3. The number of aryl methyl sites for hydroxylation is 2. The van der Waals surface area contributed by atoms with Crippen LogP contribution in [0.25, 0.3) is 0 Å². The number of aromatic hydroxyl groups is 2. The molecule has 0 heterocycles. The van der Waals surface area contributed by atoms with E-state index in [4.69, 9.17) is 21.8 Å². The van der Waals surface area contributed by atoms with E-state index in [0.717, 1.165) is 6.07 Å². The summed E-state index contributed by atoms with van der Waals surface area (Å²) in [7, 11) is 0. The molecule has 122 valence electrons. The Labute approximate surface area is 132 Å². The number of hydrogen-bond acceptors (Lipinski definition) is 2. The first-order chi connectivity index (χ1) is 10.2. The number of phenols is 2. The van der Waals surface area contributed by atoms with Gasteiger partial charge in [0.1, 0.15) is 0 Å². The zero-order valence-electron chi connectivity index (χ0n) is 12.7. The fourth-order valence-corrected chi connectivity index (χ4v) is 1.59. The van der Waals surface area contributed by atoms with Gasteiger partial charge in [-0.3, -0.25) is 0 Å². The SMILES string of the molecule is CC.Cc1cc(F)c(O)c(Cl)c1.Cc1ccc(O)c(F)c1F. The van der Waals surface area contributed by atoms with Gasteiger partial charge in [0.15, 0.2) is 23.1 Å². The largest absolute Gasteiger partial charge is 0.505 e. The van der Waals surface area contributed by atoms with Crippen LogP contribution in [0.4, 0.5) is 13.2 Å². The molecule has 2 nitrogen and oxygen atoms in total. The third kappa shape index (κ3) is 5.48. The molecule has 0 saturated heterocycles. The summed E-state index contributed by atoms with van der Waals surface area (Å²) in [6, 6.07) is 5.16. The van der Waals surface area contributed by atoms with Crippen LogP contribution in [-0.4, -0.2) is 10.2 Å². The molecule has 0 saturated carbocycles. The van der Waals surface area contributed by atoms with Crippen LogP contribution >= 0.6 is 11.6 Å². The van der Waals surface area contributed by atoms with Gasteiger partial charge < -0.3 is 10.2 Å². The van der Waals surface area contributed by atoms with Gasteiger partial charge in [0.05, 0.1) is 5.02 Å². The van der Waals surface area contributed by atoms with Crippen LogP contribution in [-0.2, 0) is 0 Å². The minimum Gasteiger partial charge on any atom is -0.505 e. The van der Waals surface area contributed by atoms with Gasteiger partial charge in [0.25, 0.3) is 0 Å². The van der Waals surface area contributed by atoms with Crippen molar-refractivity contribution in [1.82, 2.24) is 0 Å². The van der Waals surface area contributed by atoms with E-state index in [-0.39, 0.29) is 10.6 Å². The number of phenolic OH excluding ortho intramolecular Hbond substituents is 2. The highest BCUT2D eigenvalue weighted by molar-refractivity contribution is 6.32. The van der Waals surface area contributed by atoms with Crippen molar-refractivity contribution < 1.29 is 23.4 Å². The molecule has 2 N–H and O–H groups in total. The molecule has 6 heteroatoms. The van der Waals surface area contributed by atoms with Gasteiger partial charge in [-0.15, -0.1) is 0 Å². The van der Waals surface area contributed by atoms with Crippen molar-refractivity contribution >= 4 is 11.6 Å². The van der Waals surface area contributed by atoms with Crippen LogP contribution in [0, 0.1) is 31.3 Å². The van der Waals surface area contributed by atoms with Crippen LogP contribution in [0.1, 0.15) is 25.0 Å². The molecule has 0 atom stereocenters. The van der Waals surface area contributed by atoms with Crippen molar-refractivity contribution in [3.05, 3.63) is 57.9 Å². The molecule has 0 fully saturated rings. The molecule has 22 heavy (non-hydrogen) atoms. The highest BCUT2D eigenvalue weighted by Gasteiger charge is 2.08. The Kier molecular flexibility index (Phi) is 8.42. The lowest BCUT2D eigenvalue weighted by Gasteiger charge is -1.98. The number of rotatable bonds is 0. The number of hydrogen-bond donors (Lipinski definition) is 2. The number of halogens is 4. The summed E-state index contributed by atoms with van der Waals surface area (Å²) in [5, 5.41) is 17.5. The van der Waals surface area contributed by atoms with Gasteiger partial charge in [-0.05, 0) is 43.2 Å². The lowest BCUT2D eigenvalue weighted by atomic mass is 10.2. The van der Waals surface area contributed by atoms with Gasteiger partial charge in [0, 0.05) is 0 Å². The van der Waals surface area contributed by atoms with Gasteiger partial charge in [-0.1, -0.05) is 31.5 Å². The molecule has 0 amide bonds. The van der Waals surface area contributed by atoms with Gasteiger partial charge >= 0.3 is 0 Å². The normalized spacial score (nSPS) is 9.27. The van der Waals surface area contributed by atoms with Gasteiger partial charge in [-0.2, -0.15) is 4.39 Å². The van der Waals surface area contributed by atoms with E-state index >= 15 is 0 Å². The second-order valence-electron chi connectivity index (χ2n) is 4.11. The van der Waals surface area contributed by atoms with Crippen LogP contribution < -0.4 is 0 Å². The number of benzene rings is 2. The molecule has 0 radical (unpaired) electrons. The Morgan fingerprint density at radius 1 is 0.909 bits per heavy atom. The lowest BCUT2D eigenvalue weighted by molar-refractivity contribution is 0.405. The van der Waals surface area contributed by atoms with Crippen LogP contribution in [0.3, 0.4) is 0 Å². The Morgan fingerprint density at radius 3 is 1.91 bits per heavy atom. The Hall–Kier alpha value is -1.88. The fraction of sp³-hybridized carbons (Fsp3) is 0.250. The molecule has 0 spiro atoms. The smallest absolute Gasteiger partial charge is 0.200 e. The molecule has 0 aliphatic carbocycles. The average Bonchev–Trinajstić information content (AvgIpc) is 2.49. The summed E-state index contributed by atoms with van der Waals surface area (Å²) in [5.74, 6) is -3.97. The van der Waals surface area contributed by atoms with E-state index in [1.54, 1.807) is 6.92 Å². The summed E-state index contributed by atoms with van der Waals surface area (Å²) in [5.41, 5.74) is 0.885. The van der Waals surface area contributed by atoms with Crippen molar-refractivity contribution in [2.24, 2.45) is 0 Å². The van der Waals surface area contributed by atoms with Gasteiger partial charge in [0.2, 0.25) is 5.82 Å². The highest BCUT2D eigenvalue weighted by atomic mass is 35.5. The quantitative estimate of drug-likeness (QED) is 0.668. The Bertz CT molecular complexity index is 581. The first-order valence-electron chi connectivity index (χ1n) is 6.52. The first kappa shape index (κ1) is 20.1. The third-order valence-corrected chi connectivity index (χ3v) is 2.70. The predicted molar refractivity (Wildman–Crippen MR) is 81.9 cm³/mol. The molecule has 0 bridgehead atoms.